The molecule has 0 aliphatic heterocycles. The van der Waals surface area contributed by atoms with Gasteiger partial charge in [0.25, 0.3) is 0 Å². The van der Waals surface area contributed by atoms with Gasteiger partial charge in [-0.3, -0.25) is 0 Å². The monoisotopic (exact) mass is 349 g/mol. The Morgan fingerprint density at radius 3 is 2.33 bits per heavy atom. The third kappa shape index (κ3) is 5.36. The molecule has 0 saturated heterocycles. The molecule has 2 aromatic rings. The van der Waals surface area contributed by atoms with Crippen LogP contribution >= 0.6 is 0 Å². The molecule has 0 aliphatic carbocycles. The maximum atomic E-state index is 12.1. The summed E-state index contributed by atoms with van der Waals surface area (Å²) in [5.74, 6) is 0.0786. The molecular formula is C17H19NO5S. The molecule has 0 fully saturated rings. The van der Waals surface area contributed by atoms with Crippen LogP contribution in [0, 0.1) is 0 Å². The molecule has 1 N–H and O–H groups in total. The van der Waals surface area contributed by atoms with Gasteiger partial charge in [-0.25, -0.2) is 17.9 Å². The average Bonchev–Trinajstić information content (AvgIpc) is 2.60. The molecule has 2 rings (SSSR count). The van der Waals surface area contributed by atoms with Crippen LogP contribution in [0.3, 0.4) is 0 Å². The van der Waals surface area contributed by atoms with Gasteiger partial charge in [0.1, 0.15) is 5.75 Å². The van der Waals surface area contributed by atoms with E-state index in [1.807, 2.05) is 0 Å². The van der Waals surface area contributed by atoms with Crippen LogP contribution in [0.25, 0.3) is 0 Å². The first-order valence-corrected chi connectivity index (χ1v) is 8.91. The third-order valence-electron chi connectivity index (χ3n) is 3.11. The number of hydrogen-bond donors (Lipinski definition) is 1. The molecular weight excluding hydrogens is 330 g/mol. The summed E-state index contributed by atoms with van der Waals surface area (Å²) in [6, 6.07) is 15.0. The Labute approximate surface area is 141 Å². The standard InChI is InChI=1S/C17H19NO5S/c1-2-22-17(19)13-23-15-10-8-14(9-11-15)12-18-24(20,21)16-6-4-3-5-7-16/h3-11,18H,2,12-13H2,1H3. The largest absolute Gasteiger partial charge is 0.482 e. The molecule has 0 unspecified atom stereocenters. The van der Waals surface area contributed by atoms with Crippen molar-refractivity contribution >= 4 is 16.0 Å². The SMILES string of the molecule is CCOC(=O)COc1ccc(CNS(=O)(=O)c2ccccc2)cc1. The molecule has 6 nitrogen and oxygen atoms in total. The van der Waals surface area contributed by atoms with E-state index in [2.05, 4.69) is 4.72 Å². The molecule has 128 valence electrons. The second-order valence-corrected chi connectivity index (χ2v) is 6.64. The summed E-state index contributed by atoms with van der Waals surface area (Å²) >= 11 is 0. The number of benzene rings is 2. The van der Waals surface area contributed by atoms with Crippen LogP contribution < -0.4 is 9.46 Å². The first-order chi connectivity index (χ1) is 11.5. The van der Waals surface area contributed by atoms with E-state index in [-0.39, 0.29) is 18.0 Å². The van der Waals surface area contributed by atoms with Gasteiger partial charge < -0.3 is 9.47 Å². The molecule has 7 heteroatoms. The zero-order valence-electron chi connectivity index (χ0n) is 13.3. The minimum absolute atomic E-state index is 0.159. The van der Waals surface area contributed by atoms with Crippen molar-refractivity contribution in [2.24, 2.45) is 0 Å². The van der Waals surface area contributed by atoms with Crippen molar-refractivity contribution in [3.05, 3.63) is 60.2 Å². The second kappa shape index (κ2) is 8.47. The lowest BCUT2D eigenvalue weighted by Crippen LogP contribution is -2.23. The molecule has 24 heavy (non-hydrogen) atoms. The van der Waals surface area contributed by atoms with Gasteiger partial charge in [0.05, 0.1) is 11.5 Å². The van der Waals surface area contributed by atoms with Crippen LogP contribution in [0.4, 0.5) is 0 Å². The lowest BCUT2D eigenvalue weighted by atomic mass is 10.2. The normalized spacial score (nSPS) is 11.0. The number of rotatable bonds is 8. The van der Waals surface area contributed by atoms with Gasteiger partial charge in [0.15, 0.2) is 6.61 Å². The van der Waals surface area contributed by atoms with Crippen LogP contribution in [-0.2, 0) is 26.1 Å². The van der Waals surface area contributed by atoms with Crippen LogP contribution in [0.5, 0.6) is 5.75 Å². The zero-order valence-corrected chi connectivity index (χ0v) is 14.1. The van der Waals surface area contributed by atoms with Gasteiger partial charge in [-0.2, -0.15) is 0 Å². The number of carbonyl (C=O) groups is 1. The van der Waals surface area contributed by atoms with E-state index in [9.17, 15) is 13.2 Å². The van der Waals surface area contributed by atoms with Crippen molar-refractivity contribution < 1.29 is 22.7 Å². The van der Waals surface area contributed by atoms with Crippen molar-refractivity contribution in [2.45, 2.75) is 18.4 Å². The number of nitrogens with one attached hydrogen (secondary N) is 1. The summed E-state index contributed by atoms with van der Waals surface area (Å²) < 4.78 is 36.8. The van der Waals surface area contributed by atoms with Crippen LogP contribution in [0.2, 0.25) is 0 Å². The van der Waals surface area contributed by atoms with Crippen molar-refractivity contribution in [3.63, 3.8) is 0 Å². The average molecular weight is 349 g/mol. The summed E-state index contributed by atoms with van der Waals surface area (Å²) in [6.07, 6.45) is 0. The molecule has 0 aliphatic rings. The quantitative estimate of drug-likeness (QED) is 0.738. The Balaban J connectivity index is 1.89. The molecule has 0 atom stereocenters. The summed E-state index contributed by atoms with van der Waals surface area (Å²) in [7, 11) is -3.54. The van der Waals surface area contributed by atoms with E-state index in [1.165, 1.54) is 12.1 Å². The van der Waals surface area contributed by atoms with Crippen LogP contribution in [0.1, 0.15) is 12.5 Å². The Morgan fingerprint density at radius 1 is 1.04 bits per heavy atom. The molecule has 0 spiro atoms. The van der Waals surface area contributed by atoms with Crippen LogP contribution in [-0.4, -0.2) is 27.6 Å². The van der Waals surface area contributed by atoms with Gasteiger partial charge in [-0.15, -0.1) is 0 Å². The highest BCUT2D eigenvalue weighted by Crippen LogP contribution is 2.13. The predicted molar refractivity (Wildman–Crippen MR) is 89.0 cm³/mol. The molecule has 0 bridgehead atoms. The molecule has 0 heterocycles. The zero-order chi connectivity index (χ0) is 17.4. The first-order valence-electron chi connectivity index (χ1n) is 7.43. The smallest absolute Gasteiger partial charge is 0.344 e. The van der Waals surface area contributed by atoms with Gasteiger partial charge in [-0.1, -0.05) is 30.3 Å². The lowest BCUT2D eigenvalue weighted by Gasteiger charge is -2.08. The fourth-order valence-electron chi connectivity index (χ4n) is 1.91. The maximum absolute atomic E-state index is 12.1. The highest BCUT2D eigenvalue weighted by molar-refractivity contribution is 7.89. The molecule has 2 aromatic carbocycles. The topological polar surface area (TPSA) is 81.7 Å². The van der Waals surface area contributed by atoms with Crippen molar-refractivity contribution in [1.82, 2.24) is 4.72 Å². The van der Waals surface area contributed by atoms with E-state index < -0.39 is 16.0 Å². The minimum atomic E-state index is -3.54. The van der Waals surface area contributed by atoms with Gasteiger partial charge in [0, 0.05) is 6.54 Å². The molecule has 0 amide bonds. The fourth-order valence-corrected chi connectivity index (χ4v) is 2.95. The fraction of sp³-hybridized carbons (Fsp3) is 0.235. The minimum Gasteiger partial charge on any atom is -0.482 e. The Bertz CT molecular complexity index is 757. The van der Waals surface area contributed by atoms with Gasteiger partial charge in [-0.05, 0) is 36.8 Å². The Hall–Kier alpha value is -2.38. The number of sulfonamides is 1. The molecule has 0 radical (unpaired) electrons. The number of ether oxygens (including phenoxy) is 2. The number of hydrogen-bond acceptors (Lipinski definition) is 5. The maximum Gasteiger partial charge on any atom is 0.344 e. The lowest BCUT2D eigenvalue weighted by molar-refractivity contribution is -0.145. The molecule has 0 saturated carbocycles. The Kier molecular flexibility index (Phi) is 6.34. The van der Waals surface area contributed by atoms with E-state index >= 15 is 0 Å². The van der Waals surface area contributed by atoms with Gasteiger partial charge >= 0.3 is 5.97 Å². The highest BCUT2D eigenvalue weighted by Gasteiger charge is 2.12. The van der Waals surface area contributed by atoms with E-state index in [0.717, 1.165) is 5.56 Å². The van der Waals surface area contributed by atoms with Gasteiger partial charge in [0.2, 0.25) is 10.0 Å². The van der Waals surface area contributed by atoms with Crippen molar-refractivity contribution in [2.75, 3.05) is 13.2 Å². The summed E-state index contributed by atoms with van der Waals surface area (Å²) in [4.78, 5) is 11.4. The van der Waals surface area contributed by atoms with E-state index in [0.29, 0.717) is 12.4 Å². The Morgan fingerprint density at radius 2 is 1.71 bits per heavy atom. The predicted octanol–water partition coefficient (Wildman–Crippen LogP) is 2.11. The summed E-state index contributed by atoms with van der Waals surface area (Å²) in [5.41, 5.74) is 0.776. The van der Waals surface area contributed by atoms with E-state index in [1.54, 1.807) is 49.4 Å². The van der Waals surface area contributed by atoms with Crippen molar-refractivity contribution in [3.8, 4) is 5.75 Å². The summed E-state index contributed by atoms with van der Waals surface area (Å²) in [6.45, 7) is 2.04. The highest BCUT2D eigenvalue weighted by atomic mass is 32.2. The first kappa shape index (κ1) is 18.0. The number of carbonyl (C=O) groups excluding carboxylic acids is 1. The van der Waals surface area contributed by atoms with Crippen LogP contribution in [0.15, 0.2) is 59.5 Å². The summed E-state index contributed by atoms with van der Waals surface area (Å²) in [5, 5.41) is 0. The molecule has 0 aromatic heterocycles. The third-order valence-corrected chi connectivity index (χ3v) is 4.52. The van der Waals surface area contributed by atoms with Crippen molar-refractivity contribution in [1.29, 1.82) is 0 Å². The second-order valence-electron chi connectivity index (χ2n) is 4.88. The number of esters is 1. The van der Waals surface area contributed by atoms with E-state index in [4.69, 9.17) is 9.47 Å².